The lowest BCUT2D eigenvalue weighted by molar-refractivity contribution is 0.358. The topological polar surface area (TPSA) is 0 Å². The number of fused-ring (bicyclic) bond motifs is 1. The van der Waals surface area contributed by atoms with Crippen molar-refractivity contribution in [1.29, 1.82) is 0 Å². The minimum atomic E-state index is 0.772. The van der Waals surface area contributed by atoms with Crippen LogP contribution in [0.5, 0.6) is 0 Å². The van der Waals surface area contributed by atoms with E-state index in [1.165, 1.54) is 12.8 Å². The number of hydrogen-bond donors (Lipinski definition) is 0. The van der Waals surface area contributed by atoms with Crippen LogP contribution in [0, 0.1) is 11.8 Å². The Bertz CT molecular complexity index is 314. The van der Waals surface area contributed by atoms with Crippen molar-refractivity contribution in [2.24, 2.45) is 11.8 Å². The highest BCUT2D eigenvalue weighted by molar-refractivity contribution is 5.36. The van der Waals surface area contributed by atoms with Gasteiger partial charge < -0.3 is 0 Å². The molecule has 0 nitrogen and oxygen atoms in total. The van der Waals surface area contributed by atoms with Crippen molar-refractivity contribution < 1.29 is 0 Å². The second kappa shape index (κ2) is 4.61. The third kappa shape index (κ3) is 2.03. The van der Waals surface area contributed by atoms with E-state index in [2.05, 4.69) is 52.0 Å². The molecule has 0 heteroatoms. The molecule has 1 aliphatic rings. The van der Waals surface area contributed by atoms with E-state index in [4.69, 9.17) is 0 Å². The Kier molecular flexibility index (Phi) is 3.37. The van der Waals surface area contributed by atoms with E-state index in [1.54, 1.807) is 11.1 Å². The molecule has 16 heavy (non-hydrogen) atoms. The van der Waals surface area contributed by atoms with Crippen molar-refractivity contribution in [3.63, 3.8) is 0 Å². The summed E-state index contributed by atoms with van der Waals surface area (Å²) in [4.78, 5) is 0. The lowest BCUT2D eigenvalue weighted by Gasteiger charge is -2.35. The summed E-state index contributed by atoms with van der Waals surface area (Å²) in [5.74, 6) is 3.11. The molecule has 0 amide bonds. The third-order valence-electron chi connectivity index (χ3n) is 4.19. The molecule has 0 radical (unpaired) electrons. The van der Waals surface area contributed by atoms with Crippen LogP contribution in [0.4, 0.5) is 0 Å². The molecule has 0 saturated carbocycles. The van der Waals surface area contributed by atoms with Crippen LogP contribution in [0.1, 0.15) is 63.5 Å². The molecule has 0 aliphatic heterocycles. The fourth-order valence-electron chi connectivity index (χ4n) is 3.24. The summed E-state index contributed by atoms with van der Waals surface area (Å²) in [7, 11) is 0. The highest BCUT2D eigenvalue weighted by Gasteiger charge is 2.29. The third-order valence-corrected chi connectivity index (χ3v) is 4.19. The zero-order valence-electron chi connectivity index (χ0n) is 11.0. The monoisotopic (exact) mass is 216 g/mol. The van der Waals surface area contributed by atoms with E-state index in [-0.39, 0.29) is 0 Å². The van der Waals surface area contributed by atoms with Crippen LogP contribution in [0.15, 0.2) is 24.3 Å². The summed E-state index contributed by atoms with van der Waals surface area (Å²) in [6.07, 6.45) is 2.75. The van der Waals surface area contributed by atoms with Gasteiger partial charge in [-0.15, -0.1) is 0 Å². The van der Waals surface area contributed by atoms with Gasteiger partial charge in [0.25, 0.3) is 0 Å². The first kappa shape index (κ1) is 11.7. The van der Waals surface area contributed by atoms with Gasteiger partial charge in [0, 0.05) is 0 Å². The molecular formula is C16H24. The van der Waals surface area contributed by atoms with Gasteiger partial charge >= 0.3 is 0 Å². The molecule has 2 rings (SSSR count). The highest BCUT2D eigenvalue weighted by atomic mass is 14.3. The second-order valence-electron chi connectivity index (χ2n) is 5.91. The quantitative estimate of drug-likeness (QED) is 0.655. The van der Waals surface area contributed by atoms with Crippen LogP contribution in [-0.4, -0.2) is 0 Å². The molecule has 0 spiro atoms. The van der Waals surface area contributed by atoms with Gasteiger partial charge in [-0.05, 0) is 47.6 Å². The Labute approximate surface area is 100 Å². The standard InChI is InChI=1S/C16H24/c1-11(2)13-9-10-14(12(3)4)16-8-6-5-7-15(13)16/h5-8,11-14H,9-10H2,1-4H3. The SMILES string of the molecule is CC(C)C1CCC(C(C)C)c2ccccc21. The van der Waals surface area contributed by atoms with Crippen LogP contribution in [0.3, 0.4) is 0 Å². The number of rotatable bonds is 2. The normalized spacial score (nSPS) is 24.9. The summed E-state index contributed by atoms with van der Waals surface area (Å²) in [5.41, 5.74) is 3.25. The van der Waals surface area contributed by atoms with Gasteiger partial charge in [0.2, 0.25) is 0 Å². The average Bonchev–Trinajstić information content (AvgIpc) is 2.27. The summed E-state index contributed by atoms with van der Waals surface area (Å²) in [5, 5.41) is 0. The van der Waals surface area contributed by atoms with Crippen molar-refractivity contribution in [3.8, 4) is 0 Å². The predicted octanol–water partition coefficient (Wildman–Crippen LogP) is 4.96. The minimum absolute atomic E-state index is 0.772. The number of hydrogen-bond acceptors (Lipinski definition) is 0. The molecule has 0 fully saturated rings. The Balaban J connectivity index is 2.40. The maximum atomic E-state index is 2.36. The Morgan fingerprint density at radius 2 is 1.19 bits per heavy atom. The van der Waals surface area contributed by atoms with E-state index in [9.17, 15) is 0 Å². The molecule has 0 heterocycles. The fraction of sp³-hybridized carbons (Fsp3) is 0.625. The van der Waals surface area contributed by atoms with Crippen molar-refractivity contribution in [2.75, 3.05) is 0 Å². The van der Waals surface area contributed by atoms with Crippen LogP contribution >= 0.6 is 0 Å². The molecule has 1 aromatic rings. The van der Waals surface area contributed by atoms with Crippen LogP contribution in [0.25, 0.3) is 0 Å². The van der Waals surface area contributed by atoms with Crippen molar-refractivity contribution in [1.82, 2.24) is 0 Å². The number of benzene rings is 1. The molecule has 88 valence electrons. The summed E-state index contributed by atoms with van der Waals surface area (Å²) in [6.45, 7) is 9.43. The smallest absolute Gasteiger partial charge is 0.0136 e. The van der Waals surface area contributed by atoms with Crippen LogP contribution in [-0.2, 0) is 0 Å². The maximum absolute atomic E-state index is 2.36. The largest absolute Gasteiger partial charge is 0.0622 e. The van der Waals surface area contributed by atoms with Crippen molar-refractivity contribution in [2.45, 2.75) is 52.4 Å². The van der Waals surface area contributed by atoms with E-state index < -0.39 is 0 Å². The van der Waals surface area contributed by atoms with Gasteiger partial charge in [-0.25, -0.2) is 0 Å². The minimum Gasteiger partial charge on any atom is -0.0622 e. The van der Waals surface area contributed by atoms with Crippen LogP contribution in [0.2, 0.25) is 0 Å². The lowest BCUT2D eigenvalue weighted by Crippen LogP contribution is -2.20. The van der Waals surface area contributed by atoms with Gasteiger partial charge in [0.15, 0.2) is 0 Å². The first-order valence-electron chi connectivity index (χ1n) is 6.70. The van der Waals surface area contributed by atoms with Gasteiger partial charge in [0.05, 0.1) is 0 Å². The molecule has 0 saturated heterocycles. The summed E-state index contributed by atoms with van der Waals surface area (Å²) >= 11 is 0. The highest BCUT2D eigenvalue weighted by Crippen LogP contribution is 2.44. The zero-order valence-corrected chi connectivity index (χ0v) is 11.0. The Morgan fingerprint density at radius 1 is 0.812 bits per heavy atom. The zero-order chi connectivity index (χ0) is 11.7. The van der Waals surface area contributed by atoms with Gasteiger partial charge in [-0.2, -0.15) is 0 Å². The summed E-state index contributed by atoms with van der Waals surface area (Å²) in [6, 6.07) is 9.12. The van der Waals surface area contributed by atoms with Gasteiger partial charge in [0.1, 0.15) is 0 Å². The predicted molar refractivity (Wildman–Crippen MR) is 70.8 cm³/mol. The maximum Gasteiger partial charge on any atom is -0.0136 e. The van der Waals surface area contributed by atoms with E-state index in [1.807, 2.05) is 0 Å². The van der Waals surface area contributed by atoms with Crippen molar-refractivity contribution >= 4 is 0 Å². The van der Waals surface area contributed by atoms with Crippen molar-refractivity contribution in [3.05, 3.63) is 35.4 Å². The lowest BCUT2D eigenvalue weighted by atomic mass is 9.69. The molecule has 1 aliphatic carbocycles. The fourth-order valence-corrected chi connectivity index (χ4v) is 3.24. The molecule has 0 N–H and O–H groups in total. The van der Waals surface area contributed by atoms with Gasteiger partial charge in [-0.1, -0.05) is 52.0 Å². The molecule has 0 aromatic heterocycles. The molecule has 0 bridgehead atoms. The molecule has 1 aromatic carbocycles. The Morgan fingerprint density at radius 3 is 1.50 bits per heavy atom. The Hall–Kier alpha value is -0.780. The average molecular weight is 216 g/mol. The van der Waals surface area contributed by atoms with Crippen LogP contribution < -0.4 is 0 Å². The first-order chi connectivity index (χ1) is 7.61. The van der Waals surface area contributed by atoms with E-state index in [0.717, 1.165) is 23.7 Å². The molecule has 2 atom stereocenters. The summed E-state index contributed by atoms with van der Waals surface area (Å²) < 4.78 is 0. The van der Waals surface area contributed by atoms with E-state index in [0.29, 0.717) is 0 Å². The van der Waals surface area contributed by atoms with Gasteiger partial charge in [-0.3, -0.25) is 0 Å². The molecular weight excluding hydrogens is 192 g/mol. The molecule has 2 unspecified atom stereocenters. The first-order valence-corrected chi connectivity index (χ1v) is 6.70. The second-order valence-corrected chi connectivity index (χ2v) is 5.91. The van der Waals surface area contributed by atoms with E-state index >= 15 is 0 Å².